The predicted octanol–water partition coefficient (Wildman–Crippen LogP) is 2.42. The van der Waals surface area contributed by atoms with Crippen molar-refractivity contribution in [1.29, 1.82) is 0 Å². The quantitative estimate of drug-likeness (QED) is 0.612. The van der Waals surface area contributed by atoms with Crippen LogP contribution in [0.2, 0.25) is 0 Å². The van der Waals surface area contributed by atoms with Crippen LogP contribution in [-0.4, -0.2) is 58.7 Å². The zero-order valence-corrected chi connectivity index (χ0v) is 19.2. The van der Waals surface area contributed by atoms with Crippen LogP contribution in [0.5, 0.6) is 0 Å². The molecule has 2 N–H and O–H groups in total. The maximum atomic E-state index is 12.7. The highest BCUT2D eigenvalue weighted by Crippen LogP contribution is 2.34. The van der Waals surface area contributed by atoms with E-state index in [2.05, 4.69) is 20.8 Å². The number of carbonyl (C=O) groups is 3. The van der Waals surface area contributed by atoms with E-state index >= 15 is 0 Å². The third kappa shape index (κ3) is 6.43. The van der Waals surface area contributed by atoms with Gasteiger partial charge < -0.3 is 24.8 Å². The Balaban J connectivity index is 1.56. The maximum absolute atomic E-state index is 12.7. The second kappa shape index (κ2) is 11.3. The minimum absolute atomic E-state index is 0.00819. The van der Waals surface area contributed by atoms with Crippen molar-refractivity contribution >= 4 is 17.9 Å². The van der Waals surface area contributed by atoms with Gasteiger partial charge >= 0.3 is 6.09 Å². The van der Waals surface area contributed by atoms with Crippen LogP contribution in [0, 0.1) is 0 Å². The first-order chi connectivity index (χ1) is 15.4. The highest BCUT2D eigenvalue weighted by atomic mass is 16.5. The van der Waals surface area contributed by atoms with E-state index in [0.717, 1.165) is 51.4 Å². The SMILES string of the molecule is CCOC(=O)NC1CCCN(C(=O)CCc2nc(C3(NC(C)=O)CCCCCC3)no2)C1. The van der Waals surface area contributed by atoms with Gasteiger partial charge in [0.2, 0.25) is 17.7 Å². The van der Waals surface area contributed by atoms with Crippen LogP contribution in [0.15, 0.2) is 4.52 Å². The standard InChI is InChI=1S/C22H35N5O5/c1-3-31-21(30)23-17-9-8-14-27(15-17)19(29)11-10-18-24-20(26-32-18)22(25-16(2)28)12-6-4-5-7-13-22/h17H,3-15H2,1-2H3,(H,23,30)(H,25,28). The molecule has 10 nitrogen and oxygen atoms in total. The van der Waals surface area contributed by atoms with E-state index in [9.17, 15) is 14.4 Å². The number of piperidine rings is 1. The zero-order valence-electron chi connectivity index (χ0n) is 19.2. The number of alkyl carbamates (subject to hydrolysis) is 1. The summed E-state index contributed by atoms with van der Waals surface area (Å²) >= 11 is 0. The van der Waals surface area contributed by atoms with Crippen molar-refractivity contribution in [2.45, 2.75) is 89.6 Å². The van der Waals surface area contributed by atoms with Crippen molar-refractivity contribution < 1.29 is 23.6 Å². The summed E-state index contributed by atoms with van der Waals surface area (Å²) in [6.45, 7) is 4.72. The first-order valence-corrected chi connectivity index (χ1v) is 11.7. The lowest BCUT2D eigenvalue weighted by Crippen LogP contribution is -2.49. The van der Waals surface area contributed by atoms with Crippen LogP contribution in [0.4, 0.5) is 4.79 Å². The molecule has 1 atom stereocenters. The highest BCUT2D eigenvalue weighted by molar-refractivity contribution is 5.76. The maximum Gasteiger partial charge on any atom is 0.407 e. The molecule has 1 aromatic heterocycles. The number of likely N-dealkylation sites (tertiary alicyclic amines) is 1. The summed E-state index contributed by atoms with van der Waals surface area (Å²) in [5.41, 5.74) is -0.590. The number of amides is 3. The number of hydrogen-bond acceptors (Lipinski definition) is 7. The van der Waals surface area contributed by atoms with Crippen LogP contribution < -0.4 is 10.6 Å². The number of carbonyl (C=O) groups excluding carboxylic acids is 3. The number of nitrogens with one attached hydrogen (secondary N) is 2. The molecule has 10 heteroatoms. The van der Waals surface area contributed by atoms with Gasteiger partial charge in [0.1, 0.15) is 5.54 Å². The van der Waals surface area contributed by atoms with E-state index in [0.29, 0.717) is 37.8 Å². The molecular formula is C22H35N5O5. The number of hydrogen-bond donors (Lipinski definition) is 2. The fraction of sp³-hybridized carbons (Fsp3) is 0.773. The molecule has 1 aromatic rings. The zero-order chi connectivity index (χ0) is 23.0. The molecule has 3 amide bonds. The lowest BCUT2D eigenvalue weighted by molar-refractivity contribution is -0.132. The van der Waals surface area contributed by atoms with Crippen molar-refractivity contribution in [2.75, 3.05) is 19.7 Å². The average Bonchev–Trinajstić information content (AvgIpc) is 3.12. The molecule has 1 unspecified atom stereocenters. The molecule has 1 aliphatic carbocycles. The summed E-state index contributed by atoms with van der Waals surface area (Å²) in [5, 5.41) is 10.1. The monoisotopic (exact) mass is 449 g/mol. The average molecular weight is 450 g/mol. The van der Waals surface area contributed by atoms with E-state index in [1.54, 1.807) is 11.8 Å². The van der Waals surface area contributed by atoms with E-state index < -0.39 is 11.6 Å². The van der Waals surface area contributed by atoms with Crippen LogP contribution >= 0.6 is 0 Å². The Morgan fingerprint density at radius 2 is 1.94 bits per heavy atom. The van der Waals surface area contributed by atoms with Crippen LogP contribution in [0.25, 0.3) is 0 Å². The lowest BCUT2D eigenvalue weighted by atomic mass is 9.89. The number of ether oxygens (including phenoxy) is 1. The lowest BCUT2D eigenvalue weighted by Gasteiger charge is -2.33. The summed E-state index contributed by atoms with van der Waals surface area (Å²) in [4.78, 5) is 42.6. The Bertz CT molecular complexity index is 787. The molecule has 2 heterocycles. The predicted molar refractivity (Wildman–Crippen MR) is 116 cm³/mol. The normalized spacial score (nSPS) is 20.8. The van der Waals surface area contributed by atoms with Gasteiger partial charge in [-0.15, -0.1) is 0 Å². The van der Waals surface area contributed by atoms with Gasteiger partial charge in [0.15, 0.2) is 5.82 Å². The van der Waals surface area contributed by atoms with Crippen LogP contribution in [-0.2, 0) is 26.3 Å². The fourth-order valence-electron chi connectivity index (χ4n) is 4.66. The van der Waals surface area contributed by atoms with Crippen molar-refractivity contribution in [3.63, 3.8) is 0 Å². The molecular weight excluding hydrogens is 414 g/mol. The molecule has 0 bridgehead atoms. The Morgan fingerprint density at radius 1 is 1.19 bits per heavy atom. The first kappa shape index (κ1) is 24.0. The molecule has 0 spiro atoms. The number of rotatable bonds is 7. The van der Waals surface area contributed by atoms with Gasteiger partial charge in [0.05, 0.1) is 6.61 Å². The second-order valence-electron chi connectivity index (χ2n) is 8.73. The Kier molecular flexibility index (Phi) is 8.46. The second-order valence-corrected chi connectivity index (χ2v) is 8.73. The van der Waals surface area contributed by atoms with E-state index in [1.807, 2.05) is 0 Å². The molecule has 0 radical (unpaired) electrons. The van der Waals surface area contributed by atoms with Crippen LogP contribution in [0.3, 0.4) is 0 Å². The minimum atomic E-state index is -0.590. The molecule has 2 fully saturated rings. The van der Waals surface area contributed by atoms with Gasteiger partial charge in [-0.05, 0) is 32.6 Å². The van der Waals surface area contributed by atoms with Gasteiger partial charge in [-0.3, -0.25) is 9.59 Å². The van der Waals surface area contributed by atoms with Gasteiger partial charge in [0.25, 0.3) is 0 Å². The summed E-state index contributed by atoms with van der Waals surface area (Å²) in [5.74, 6) is 0.796. The Hall–Kier alpha value is -2.65. The third-order valence-electron chi connectivity index (χ3n) is 6.19. The van der Waals surface area contributed by atoms with E-state index in [1.165, 1.54) is 6.92 Å². The van der Waals surface area contributed by atoms with Gasteiger partial charge in [-0.1, -0.05) is 30.8 Å². The topological polar surface area (TPSA) is 127 Å². The summed E-state index contributed by atoms with van der Waals surface area (Å²) in [6.07, 6.45) is 7.61. The molecule has 1 saturated heterocycles. The molecule has 178 valence electrons. The number of aromatic nitrogens is 2. The number of nitrogens with zero attached hydrogens (tertiary/aromatic N) is 3. The van der Waals surface area contributed by atoms with Gasteiger partial charge in [-0.2, -0.15) is 4.98 Å². The summed E-state index contributed by atoms with van der Waals surface area (Å²) in [7, 11) is 0. The molecule has 0 aromatic carbocycles. The smallest absolute Gasteiger partial charge is 0.407 e. The largest absolute Gasteiger partial charge is 0.450 e. The van der Waals surface area contributed by atoms with Crippen molar-refractivity contribution in [2.24, 2.45) is 0 Å². The molecule has 2 aliphatic rings. The minimum Gasteiger partial charge on any atom is -0.450 e. The molecule has 3 rings (SSSR count). The first-order valence-electron chi connectivity index (χ1n) is 11.7. The van der Waals surface area contributed by atoms with Gasteiger partial charge in [0, 0.05) is 38.9 Å². The molecule has 1 saturated carbocycles. The van der Waals surface area contributed by atoms with Crippen molar-refractivity contribution in [3.8, 4) is 0 Å². The van der Waals surface area contributed by atoms with Crippen molar-refractivity contribution in [1.82, 2.24) is 25.7 Å². The fourth-order valence-corrected chi connectivity index (χ4v) is 4.66. The summed E-state index contributed by atoms with van der Waals surface area (Å²) < 4.78 is 10.4. The Morgan fingerprint density at radius 3 is 2.62 bits per heavy atom. The molecule has 32 heavy (non-hydrogen) atoms. The van der Waals surface area contributed by atoms with Crippen molar-refractivity contribution in [3.05, 3.63) is 11.7 Å². The highest BCUT2D eigenvalue weighted by Gasteiger charge is 2.38. The van der Waals surface area contributed by atoms with E-state index in [4.69, 9.17) is 9.26 Å². The van der Waals surface area contributed by atoms with E-state index in [-0.39, 0.29) is 24.3 Å². The van der Waals surface area contributed by atoms with Crippen LogP contribution in [0.1, 0.15) is 83.3 Å². The van der Waals surface area contributed by atoms with Gasteiger partial charge in [-0.25, -0.2) is 4.79 Å². The Labute approximate surface area is 188 Å². The molecule has 1 aliphatic heterocycles. The third-order valence-corrected chi connectivity index (χ3v) is 6.19. The summed E-state index contributed by atoms with van der Waals surface area (Å²) in [6, 6.07) is -0.102. The number of aryl methyl sites for hydroxylation is 1.